The first-order valence-electron chi connectivity index (χ1n) is 7.69. The van der Waals surface area contributed by atoms with Crippen molar-refractivity contribution >= 4 is 17.6 Å². The van der Waals surface area contributed by atoms with Gasteiger partial charge in [0.1, 0.15) is 6.04 Å². The van der Waals surface area contributed by atoms with Gasteiger partial charge in [-0.05, 0) is 31.4 Å². The van der Waals surface area contributed by atoms with E-state index in [4.69, 9.17) is 0 Å². The van der Waals surface area contributed by atoms with E-state index in [2.05, 4.69) is 17.0 Å². The normalized spacial score (nSPS) is 28.7. The van der Waals surface area contributed by atoms with Crippen LogP contribution in [-0.4, -0.2) is 53.5 Å². The molecule has 0 bridgehead atoms. The van der Waals surface area contributed by atoms with Crippen LogP contribution in [0.2, 0.25) is 0 Å². The molecule has 1 aromatic carbocycles. The molecule has 3 fully saturated rings. The van der Waals surface area contributed by atoms with Crippen LogP contribution >= 0.6 is 0 Å². The highest BCUT2D eigenvalue weighted by Crippen LogP contribution is 2.32. The summed E-state index contributed by atoms with van der Waals surface area (Å²) >= 11 is 0. The highest BCUT2D eigenvalue weighted by atomic mass is 16.2. The Bertz CT molecular complexity index is 552. The lowest BCUT2D eigenvalue weighted by Crippen LogP contribution is -2.43. The van der Waals surface area contributed by atoms with Crippen LogP contribution in [0.25, 0.3) is 0 Å². The molecule has 0 unspecified atom stereocenters. The van der Waals surface area contributed by atoms with E-state index in [9.17, 15) is 9.59 Å². The molecule has 110 valence electrons. The molecule has 0 aromatic heterocycles. The van der Waals surface area contributed by atoms with Gasteiger partial charge in [0.05, 0.1) is 6.04 Å². The van der Waals surface area contributed by atoms with Crippen molar-refractivity contribution in [3.05, 3.63) is 30.3 Å². The highest BCUT2D eigenvalue weighted by Gasteiger charge is 2.50. The quantitative estimate of drug-likeness (QED) is 0.777. The van der Waals surface area contributed by atoms with Crippen LogP contribution < -0.4 is 4.90 Å². The minimum absolute atomic E-state index is 0.0239. The Morgan fingerprint density at radius 3 is 2.57 bits per heavy atom. The van der Waals surface area contributed by atoms with Crippen LogP contribution in [0.4, 0.5) is 10.5 Å². The first kappa shape index (κ1) is 12.7. The zero-order valence-electron chi connectivity index (χ0n) is 11.9. The van der Waals surface area contributed by atoms with Gasteiger partial charge in [-0.25, -0.2) is 4.79 Å². The Hall–Kier alpha value is -2.04. The first-order valence-corrected chi connectivity index (χ1v) is 7.69. The number of hydrogen-bond acceptors (Lipinski definition) is 3. The van der Waals surface area contributed by atoms with E-state index in [-0.39, 0.29) is 24.0 Å². The maximum Gasteiger partial charge on any atom is 0.327 e. The number of hydrogen-bond donors (Lipinski definition) is 0. The number of fused-ring (bicyclic) bond motifs is 1. The van der Waals surface area contributed by atoms with Gasteiger partial charge in [0.15, 0.2) is 0 Å². The lowest BCUT2D eigenvalue weighted by atomic mass is 10.2. The molecule has 5 nitrogen and oxygen atoms in total. The molecule has 0 spiro atoms. The largest absolute Gasteiger partial charge is 0.369 e. The second-order valence-electron chi connectivity index (χ2n) is 6.07. The molecule has 0 radical (unpaired) electrons. The molecule has 3 aliphatic rings. The monoisotopic (exact) mass is 285 g/mol. The molecule has 0 N–H and O–H groups in total. The van der Waals surface area contributed by atoms with Crippen molar-refractivity contribution in [2.45, 2.75) is 31.3 Å². The van der Waals surface area contributed by atoms with Gasteiger partial charge in [-0.3, -0.25) is 9.69 Å². The van der Waals surface area contributed by atoms with Crippen LogP contribution in [0.1, 0.15) is 19.3 Å². The lowest BCUT2D eigenvalue weighted by molar-refractivity contribution is -0.129. The molecule has 3 aliphatic heterocycles. The maximum absolute atomic E-state index is 12.5. The first-order chi connectivity index (χ1) is 10.3. The predicted octanol–water partition coefficient (Wildman–Crippen LogP) is 1.69. The molecule has 2 atom stereocenters. The van der Waals surface area contributed by atoms with Crippen LogP contribution in [0, 0.1) is 0 Å². The molecule has 0 saturated carbocycles. The fourth-order valence-corrected chi connectivity index (χ4v) is 3.81. The summed E-state index contributed by atoms with van der Waals surface area (Å²) < 4.78 is 0. The summed E-state index contributed by atoms with van der Waals surface area (Å²) in [7, 11) is 0. The Morgan fingerprint density at radius 1 is 1.00 bits per heavy atom. The van der Waals surface area contributed by atoms with E-state index in [1.54, 1.807) is 4.90 Å². The minimum Gasteiger partial charge on any atom is -0.369 e. The van der Waals surface area contributed by atoms with E-state index in [0.717, 1.165) is 38.9 Å². The van der Waals surface area contributed by atoms with E-state index in [1.807, 2.05) is 18.2 Å². The summed E-state index contributed by atoms with van der Waals surface area (Å²) in [5, 5.41) is 0. The van der Waals surface area contributed by atoms with Crippen molar-refractivity contribution in [1.29, 1.82) is 0 Å². The standard InChI is InChI=1S/C16H19N3O2/c20-15-14-7-4-9-18(14)16(21)19(15)13-8-10-17(11-13)12-5-2-1-3-6-12/h1-3,5-6,13-14H,4,7-11H2/t13-,14-/m1/s1. The number of benzene rings is 1. The van der Waals surface area contributed by atoms with Gasteiger partial charge in [-0.1, -0.05) is 18.2 Å². The topological polar surface area (TPSA) is 43.9 Å². The average molecular weight is 285 g/mol. The third-order valence-corrected chi connectivity index (χ3v) is 4.88. The fraction of sp³-hybridized carbons (Fsp3) is 0.500. The minimum atomic E-state index is -0.178. The molecule has 3 amide bonds. The van der Waals surface area contributed by atoms with E-state index < -0.39 is 0 Å². The van der Waals surface area contributed by atoms with Gasteiger partial charge in [0.2, 0.25) is 0 Å². The van der Waals surface area contributed by atoms with Crippen LogP contribution in [0.15, 0.2) is 30.3 Å². The zero-order chi connectivity index (χ0) is 14.4. The van der Waals surface area contributed by atoms with Gasteiger partial charge < -0.3 is 9.80 Å². The van der Waals surface area contributed by atoms with Gasteiger partial charge in [-0.15, -0.1) is 0 Å². The number of urea groups is 1. The van der Waals surface area contributed by atoms with Crippen molar-refractivity contribution in [3.63, 3.8) is 0 Å². The molecule has 3 heterocycles. The SMILES string of the molecule is O=C1[C@H]2CCCN2C(=O)N1[C@@H]1CCN(c2ccccc2)C1. The van der Waals surface area contributed by atoms with Gasteiger partial charge in [0, 0.05) is 25.3 Å². The molecule has 5 heteroatoms. The molecule has 1 aromatic rings. The summed E-state index contributed by atoms with van der Waals surface area (Å²) in [6.07, 6.45) is 2.65. The molecule has 0 aliphatic carbocycles. The zero-order valence-corrected chi connectivity index (χ0v) is 11.9. The van der Waals surface area contributed by atoms with Crippen molar-refractivity contribution in [2.24, 2.45) is 0 Å². The Kier molecular flexibility index (Phi) is 2.87. The van der Waals surface area contributed by atoms with E-state index in [0.29, 0.717) is 0 Å². The third-order valence-electron chi connectivity index (χ3n) is 4.88. The number of imide groups is 1. The molecule has 3 saturated heterocycles. The lowest BCUT2D eigenvalue weighted by Gasteiger charge is -2.23. The van der Waals surface area contributed by atoms with Crippen molar-refractivity contribution in [1.82, 2.24) is 9.80 Å². The van der Waals surface area contributed by atoms with Gasteiger partial charge >= 0.3 is 6.03 Å². The number of carbonyl (C=O) groups excluding carboxylic acids is 2. The van der Waals surface area contributed by atoms with Gasteiger partial charge in [0.25, 0.3) is 5.91 Å². The smallest absolute Gasteiger partial charge is 0.327 e. The number of carbonyl (C=O) groups is 2. The van der Waals surface area contributed by atoms with Crippen LogP contribution in [0.3, 0.4) is 0 Å². The Morgan fingerprint density at radius 2 is 1.81 bits per heavy atom. The number of rotatable bonds is 2. The molecular formula is C16H19N3O2. The van der Waals surface area contributed by atoms with Crippen molar-refractivity contribution < 1.29 is 9.59 Å². The van der Waals surface area contributed by atoms with Crippen molar-refractivity contribution in [3.8, 4) is 0 Å². The number of anilines is 1. The third kappa shape index (κ3) is 1.91. The Balaban J connectivity index is 1.51. The van der Waals surface area contributed by atoms with Crippen LogP contribution in [0.5, 0.6) is 0 Å². The number of amides is 3. The average Bonchev–Trinajstić information content (AvgIpc) is 3.20. The molecule has 21 heavy (non-hydrogen) atoms. The van der Waals surface area contributed by atoms with E-state index >= 15 is 0 Å². The fourth-order valence-electron chi connectivity index (χ4n) is 3.81. The maximum atomic E-state index is 12.5. The molecule has 4 rings (SSSR count). The number of nitrogens with zero attached hydrogens (tertiary/aromatic N) is 3. The number of para-hydroxylation sites is 1. The summed E-state index contributed by atoms with van der Waals surface area (Å²) in [6.45, 7) is 2.39. The summed E-state index contributed by atoms with van der Waals surface area (Å²) in [5.41, 5.74) is 1.17. The summed E-state index contributed by atoms with van der Waals surface area (Å²) in [6, 6.07) is 9.97. The summed E-state index contributed by atoms with van der Waals surface area (Å²) in [4.78, 5) is 30.5. The summed E-state index contributed by atoms with van der Waals surface area (Å²) in [5.74, 6) is 0.0254. The molecular weight excluding hydrogens is 266 g/mol. The van der Waals surface area contributed by atoms with E-state index in [1.165, 1.54) is 10.6 Å². The predicted molar refractivity (Wildman–Crippen MR) is 79.0 cm³/mol. The second kappa shape index (κ2) is 4.76. The Labute approximate surface area is 124 Å². The second-order valence-corrected chi connectivity index (χ2v) is 6.07. The van der Waals surface area contributed by atoms with Gasteiger partial charge in [-0.2, -0.15) is 0 Å². The van der Waals surface area contributed by atoms with Crippen molar-refractivity contribution in [2.75, 3.05) is 24.5 Å². The van der Waals surface area contributed by atoms with Crippen LogP contribution in [-0.2, 0) is 4.79 Å². The highest BCUT2D eigenvalue weighted by molar-refractivity contribution is 6.05.